The van der Waals surface area contributed by atoms with Crippen LogP contribution < -0.4 is 5.56 Å². The van der Waals surface area contributed by atoms with Crippen LogP contribution in [0.15, 0.2) is 35.4 Å². The standard InChI is InChI=1S/C15H11ClFN3O/c1-8-9(2)19-14-13(18-5-6-20(14)15(8)21)11-4-3-10(16)7-12(11)17/h3-7H,1-2H3. The first kappa shape index (κ1) is 13.7. The molecule has 0 bridgehead atoms. The summed E-state index contributed by atoms with van der Waals surface area (Å²) in [5.74, 6) is -0.504. The fourth-order valence-electron chi connectivity index (χ4n) is 2.14. The molecule has 0 radical (unpaired) electrons. The van der Waals surface area contributed by atoms with E-state index in [-0.39, 0.29) is 11.1 Å². The van der Waals surface area contributed by atoms with Crippen LogP contribution in [0, 0.1) is 19.7 Å². The number of nitrogens with zero attached hydrogens (tertiary/aromatic N) is 3. The number of aryl methyl sites for hydroxylation is 1. The molecule has 2 aromatic heterocycles. The fraction of sp³-hybridized carbons (Fsp3) is 0.133. The monoisotopic (exact) mass is 303 g/mol. The minimum atomic E-state index is -0.504. The number of aromatic nitrogens is 3. The lowest BCUT2D eigenvalue weighted by molar-refractivity contribution is 0.630. The molecule has 0 fully saturated rings. The molecule has 0 aliphatic carbocycles. The molecular formula is C15H11ClFN3O. The van der Waals surface area contributed by atoms with Gasteiger partial charge in [0.15, 0.2) is 5.65 Å². The maximum atomic E-state index is 14.1. The molecule has 0 aliphatic rings. The number of hydrogen-bond acceptors (Lipinski definition) is 3. The van der Waals surface area contributed by atoms with Crippen LogP contribution in [0.3, 0.4) is 0 Å². The molecule has 0 saturated carbocycles. The molecule has 0 saturated heterocycles. The summed E-state index contributed by atoms with van der Waals surface area (Å²) < 4.78 is 15.5. The Bertz CT molecular complexity index is 921. The minimum Gasteiger partial charge on any atom is -0.269 e. The van der Waals surface area contributed by atoms with Gasteiger partial charge in [0.05, 0.1) is 0 Å². The van der Waals surface area contributed by atoms with Crippen molar-refractivity contribution < 1.29 is 4.39 Å². The fourth-order valence-corrected chi connectivity index (χ4v) is 2.30. The average Bonchev–Trinajstić information content (AvgIpc) is 2.45. The maximum Gasteiger partial charge on any atom is 0.261 e. The first-order valence-electron chi connectivity index (χ1n) is 6.29. The van der Waals surface area contributed by atoms with Gasteiger partial charge >= 0.3 is 0 Å². The molecule has 3 aromatic rings. The Labute approximate surface area is 124 Å². The summed E-state index contributed by atoms with van der Waals surface area (Å²) in [7, 11) is 0. The van der Waals surface area contributed by atoms with E-state index in [0.717, 1.165) is 0 Å². The Balaban J connectivity index is 2.41. The summed E-state index contributed by atoms with van der Waals surface area (Å²) in [6.07, 6.45) is 2.97. The first-order chi connectivity index (χ1) is 9.99. The largest absolute Gasteiger partial charge is 0.269 e. The normalized spacial score (nSPS) is 11.0. The van der Waals surface area contributed by atoms with Crippen LogP contribution in [0.4, 0.5) is 4.39 Å². The van der Waals surface area contributed by atoms with E-state index in [1.807, 2.05) is 0 Å². The van der Waals surface area contributed by atoms with Gasteiger partial charge in [-0.15, -0.1) is 0 Å². The summed E-state index contributed by atoms with van der Waals surface area (Å²) in [5, 5.41) is 0.300. The molecule has 0 N–H and O–H groups in total. The van der Waals surface area contributed by atoms with E-state index in [9.17, 15) is 9.18 Å². The van der Waals surface area contributed by atoms with E-state index in [0.29, 0.717) is 27.6 Å². The second kappa shape index (κ2) is 4.93. The quantitative estimate of drug-likeness (QED) is 0.694. The zero-order chi connectivity index (χ0) is 15.1. The minimum absolute atomic E-state index is 0.185. The second-order valence-electron chi connectivity index (χ2n) is 4.72. The molecule has 0 spiro atoms. The van der Waals surface area contributed by atoms with E-state index < -0.39 is 5.82 Å². The summed E-state index contributed by atoms with van der Waals surface area (Å²) in [6, 6.07) is 4.31. The molecule has 1 aromatic carbocycles. The maximum absolute atomic E-state index is 14.1. The van der Waals surface area contributed by atoms with Crippen LogP contribution in [-0.4, -0.2) is 14.4 Å². The molecule has 2 heterocycles. The molecule has 4 nitrogen and oxygen atoms in total. The van der Waals surface area contributed by atoms with Crippen molar-refractivity contribution in [1.82, 2.24) is 14.4 Å². The van der Waals surface area contributed by atoms with E-state index in [2.05, 4.69) is 9.97 Å². The molecule has 106 valence electrons. The number of benzene rings is 1. The predicted octanol–water partition coefficient (Wildman–Crippen LogP) is 3.17. The number of fused-ring (bicyclic) bond motifs is 1. The average molecular weight is 304 g/mol. The molecule has 6 heteroatoms. The van der Waals surface area contributed by atoms with Gasteiger partial charge in [-0.05, 0) is 32.0 Å². The van der Waals surface area contributed by atoms with Gasteiger partial charge in [0.25, 0.3) is 5.56 Å². The highest BCUT2D eigenvalue weighted by Crippen LogP contribution is 2.26. The van der Waals surface area contributed by atoms with Gasteiger partial charge in [-0.25, -0.2) is 9.37 Å². The van der Waals surface area contributed by atoms with Crippen molar-refractivity contribution in [3.8, 4) is 11.3 Å². The number of halogens is 2. The van der Waals surface area contributed by atoms with Gasteiger partial charge in [0.1, 0.15) is 11.5 Å². The van der Waals surface area contributed by atoms with Crippen molar-refractivity contribution in [3.05, 3.63) is 63.0 Å². The molecule has 3 rings (SSSR count). The van der Waals surface area contributed by atoms with E-state index in [1.54, 1.807) is 19.9 Å². The van der Waals surface area contributed by atoms with Gasteiger partial charge in [0.2, 0.25) is 0 Å². The van der Waals surface area contributed by atoms with Crippen molar-refractivity contribution >= 4 is 17.2 Å². The van der Waals surface area contributed by atoms with Crippen molar-refractivity contribution in [1.29, 1.82) is 0 Å². The summed E-state index contributed by atoms with van der Waals surface area (Å²) in [6.45, 7) is 3.45. The molecule has 0 unspecified atom stereocenters. The van der Waals surface area contributed by atoms with Crippen molar-refractivity contribution in [2.75, 3.05) is 0 Å². The Kier molecular flexibility index (Phi) is 3.22. The lowest BCUT2D eigenvalue weighted by Gasteiger charge is -2.09. The Morgan fingerprint density at radius 3 is 2.76 bits per heavy atom. The third kappa shape index (κ3) is 2.19. The van der Waals surface area contributed by atoms with Crippen LogP contribution in [-0.2, 0) is 0 Å². The first-order valence-corrected chi connectivity index (χ1v) is 6.67. The Morgan fingerprint density at radius 1 is 1.29 bits per heavy atom. The molecule has 0 amide bonds. The summed E-state index contributed by atoms with van der Waals surface area (Å²) in [4.78, 5) is 20.8. The highest BCUT2D eigenvalue weighted by molar-refractivity contribution is 6.30. The van der Waals surface area contributed by atoms with E-state index in [4.69, 9.17) is 11.6 Å². The highest BCUT2D eigenvalue weighted by Gasteiger charge is 2.14. The van der Waals surface area contributed by atoms with Crippen LogP contribution in [0.2, 0.25) is 5.02 Å². The van der Waals surface area contributed by atoms with Gasteiger partial charge in [-0.3, -0.25) is 14.2 Å². The van der Waals surface area contributed by atoms with Crippen molar-refractivity contribution in [2.24, 2.45) is 0 Å². The van der Waals surface area contributed by atoms with Crippen molar-refractivity contribution in [3.63, 3.8) is 0 Å². The zero-order valence-corrected chi connectivity index (χ0v) is 12.1. The van der Waals surface area contributed by atoms with Gasteiger partial charge < -0.3 is 0 Å². The van der Waals surface area contributed by atoms with Gasteiger partial charge in [0, 0.05) is 34.2 Å². The molecule has 0 aliphatic heterocycles. The topological polar surface area (TPSA) is 47.3 Å². The zero-order valence-electron chi connectivity index (χ0n) is 11.4. The predicted molar refractivity (Wildman–Crippen MR) is 79.1 cm³/mol. The molecule has 0 atom stereocenters. The molecular weight excluding hydrogens is 293 g/mol. The summed E-state index contributed by atoms with van der Waals surface area (Å²) >= 11 is 5.76. The second-order valence-corrected chi connectivity index (χ2v) is 5.16. The van der Waals surface area contributed by atoms with Crippen LogP contribution >= 0.6 is 11.6 Å². The number of rotatable bonds is 1. The van der Waals surface area contributed by atoms with Crippen LogP contribution in [0.5, 0.6) is 0 Å². The smallest absolute Gasteiger partial charge is 0.261 e. The highest BCUT2D eigenvalue weighted by atomic mass is 35.5. The summed E-state index contributed by atoms with van der Waals surface area (Å²) in [5.41, 5.74) is 1.87. The third-order valence-electron chi connectivity index (χ3n) is 3.40. The number of hydrogen-bond donors (Lipinski definition) is 0. The Morgan fingerprint density at radius 2 is 2.05 bits per heavy atom. The lowest BCUT2D eigenvalue weighted by Crippen LogP contribution is -2.20. The van der Waals surface area contributed by atoms with Gasteiger partial charge in [-0.2, -0.15) is 0 Å². The lowest BCUT2D eigenvalue weighted by atomic mass is 10.1. The van der Waals surface area contributed by atoms with E-state index >= 15 is 0 Å². The SMILES string of the molecule is Cc1nc2c(-c3ccc(Cl)cc3F)nccn2c(=O)c1C. The van der Waals surface area contributed by atoms with Crippen LogP contribution in [0.1, 0.15) is 11.3 Å². The van der Waals surface area contributed by atoms with E-state index in [1.165, 1.54) is 28.9 Å². The third-order valence-corrected chi connectivity index (χ3v) is 3.64. The van der Waals surface area contributed by atoms with Crippen molar-refractivity contribution in [2.45, 2.75) is 13.8 Å². The van der Waals surface area contributed by atoms with Gasteiger partial charge in [-0.1, -0.05) is 11.6 Å². The Hall–Kier alpha value is -2.27. The molecule has 21 heavy (non-hydrogen) atoms. The van der Waals surface area contributed by atoms with Crippen LogP contribution in [0.25, 0.3) is 16.9 Å².